The molecular formula is C19H24N2O5. The predicted octanol–water partition coefficient (Wildman–Crippen LogP) is 2.70. The van der Waals surface area contributed by atoms with Crippen LogP contribution in [-0.4, -0.2) is 32.3 Å². The number of nitrogens with one attached hydrogen (secondary N) is 2. The van der Waals surface area contributed by atoms with E-state index in [4.69, 9.17) is 14.2 Å². The van der Waals surface area contributed by atoms with Crippen molar-refractivity contribution in [2.24, 2.45) is 5.92 Å². The molecule has 26 heavy (non-hydrogen) atoms. The molecule has 0 radical (unpaired) electrons. The van der Waals surface area contributed by atoms with Crippen molar-refractivity contribution in [1.82, 2.24) is 10.6 Å². The molecule has 2 amide bonds. The minimum atomic E-state index is -0.763. The first-order valence-corrected chi connectivity index (χ1v) is 8.36. The van der Waals surface area contributed by atoms with E-state index in [1.807, 2.05) is 13.8 Å². The minimum absolute atomic E-state index is 0.159. The highest BCUT2D eigenvalue weighted by molar-refractivity contribution is 5.85. The largest absolute Gasteiger partial charge is 0.493 e. The molecular weight excluding hydrogens is 336 g/mol. The van der Waals surface area contributed by atoms with E-state index in [0.717, 1.165) is 0 Å². The van der Waals surface area contributed by atoms with Crippen LogP contribution in [0.3, 0.4) is 0 Å². The summed E-state index contributed by atoms with van der Waals surface area (Å²) in [4.78, 5) is 24.4. The summed E-state index contributed by atoms with van der Waals surface area (Å²) in [6, 6.07) is 4.21. The zero-order valence-electron chi connectivity index (χ0n) is 15.2. The maximum atomic E-state index is 12.5. The molecule has 1 aromatic rings. The molecule has 2 N–H and O–H groups in total. The molecule has 140 valence electrons. The van der Waals surface area contributed by atoms with Gasteiger partial charge in [-0.15, -0.1) is 0 Å². The van der Waals surface area contributed by atoms with Crippen LogP contribution in [0.1, 0.15) is 25.5 Å². The van der Waals surface area contributed by atoms with Gasteiger partial charge in [0.1, 0.15) is 12.5 Å². The van der Waals surface area contributed by atoms with Gasteiger partial charge in [-0.1, -0.05) is 24.8 Å². The SMILES string of the molecule is C=C1NC(=O)N[C@@H](c2ccc(OCC)c(OC)c2)[C@@H]1C(=O)OC/C=C/C. The zero-order chi connectivity index (χ0) is 19.1. The lowest BCUT2D eigenvalue weighted by Crippen LogP contribution is -2.51. The lowest BCUT2D eigenvalue weighted by molar-refractivity contribution is -0.147. The van der Waals surface area contributed by atoms with Crippen LogP contribution < -0.4 is 20.1 Å². The molecule has 1 aromatic carbocycles. The van der Waals surface area contributed by atoms with Crippen molar-refractivity contribution in [3.8, 4) is 11.5 Å². The van der Waals surface area contributed by atoms with Crippen molar-refractivity contribution in [2.45, 2.75) is 19.9 Å². The number of allylic oxidation sites excluding steroid dienone is 1. The number of rotatable bonds is 7. The van der Waals surface area contributed by atoms with Crippen LogP contribution in [0, 0.1) is 5.92 Å². The van der Waals surface area contributed by atoms with Crippen LogP contribution in [0.5, 0.6) is 11.5 Å². The number of hydrogen-bond acceptors (Lipinski definition) is 5. The molecule has 1 aliphatic heterocycles. The number of esters is 1. The van der Waals surface area contributed by atoms with Gasteiger partial charge in [0, 0.05) is 5.70 Å². The van der Waals surface area contributed by atoms with Crippen molar-refractivity contribution < 1.29 is 23.8 Å². The molecule has 0 aromatic heterocycles. The summed E-state index contributed by atoms with van der Waals surface area (Å²) >= 11 is 0. The van der Waals surface area contributed by atoms with Gasteiger partial charge in [0.25, 0.3) is 0 Å². The lowest BCUT2D eigenvalue weighted by atomic mass is 9.89. The second-order valence-electron chi connectivity index (χ2n) is 5.62. The van der Waals surface area contributed by atoms with Crippen LogP contribution in [0.15, 0.2) is 42.6 Å². The summed E-state index contributed by atoms with van der Waals surface area (Å²) in [6.07, 6.45) is 3.52. The van der Waals surface area contributed by atoms with Gasteiger partial charge in [-0.3, -0.25) is 4.79 Å². The highest BCUT2D eigenvalue weighted by Crippen LogP contribution is 2.35. The van der Waals surface area contributed by atoms with Crippen molar-refractivity contribution in [2.75, 3.05) is 20.3 Å². The van der Waals surface area contributed by atoms with E-state index in [2.05, 4.69) is 17.2 Å². The molecule has 2 rings (SSSR count). The second kappa shape index (κ2) is 8.94. The van der Waals surface area contributed by atoms with Gasteiger partial charge in [-0.05, 0) is 31.5 Å². The number of ether oxygens (including phenoxy) is 3. The third-order valence-corrected chi connectivity index (χ3v) is 3.93. The van der Waals surface area contributed by atoms with Crippen molar-refractivity contribution >= 4 is 12.0 Å². The Balaban J connectivity index is 2.33. The fourth-order valence-electron chi connectivity index (χ4n) is 2.71. The highest BCUT2D eigenvalue weighted by Gasteiger charge is 2.39. The van der Waals surface area contributed by atoms with E-state index in [1.54, 1.807) is 30.4 Å². The summed E-state index contributed by atoms with van der Waals surface area (Å²) in [5.41, 5.74) is 0.978. The van der Waals surface area contributed by atoms with Crippen LogP contribution in [0.4, 0.5) is 4.79 Å². The number of hydrogen-bond donors (Lipinski definition) is 2. The monoisotopic (exact) mass is 360 g/mol. The van der Waals surface area contributed by atoms with Gasteiger partial charge >= 0.3 is 12.0 Å². The first kappa shape index (κ1) is 19.4. The number of carbonyl (C=O) groups excluding carboxylic acids is 2. The average molecular weight is 360 g/mol. The Morgan fingerprint density at radius 1 is 1.35 bits per heavy atom. The summed E-state index contributed by atoms with van der Waals surface area (Å²) in [7, 11) is 1.53. The Labute approximate surface area is 153 Å². The number of carbonyl (C=O) groups is 2. The minimum Gasteiger partial charge on any atom is -0.493 e. The Hall–Kier alpha value is -2.96. The van der Waals surface area contributed by atoms with Crippen LogP contribution >= 0.6 is 0 Å². The third-order valence-electron chi connectivity index (χ3n) is 3.93. The first-order valence-electron chi connectivity index (χ1n) is 8.36. The molecule has 0 bridgehead atoms. The van der Waals surface area contributed by atoms with E-state index in [9.17, 15) is 9.59 Å². The normalized spacial score (nSPS) is 19.7. The van der Waals surface area contributed by atoms with E-state index in [-0.39, 0.29) is 12.3 Å². The Kier molecular flexibility index (Phi) is 6.66. The van der Waals surface area contributed by atoms with Gasteiger partial charge in [0.2, 0.25) is 0 Å². The van der Waals surface area contributed by atoms with E-state index < -0.39 is 24.0 Å². The summed E-state index contributed by atoms with van der Waals surface area (Å²) < 4.78 is 16.1. The molecule has 0 unspecified atom stereocenters. The van der Waals surface area contributed by atoms with Crippen LogP contribution in [-0.2, 0) is 9.53 Å². The van der Waals surface area contributed by atoms with E-state index in [0.29, 0.717) is 23.7 Å². The molecule has 7 nitrogen and oxygen atoms in total. The fraction of sp³-hybridized carbons (Fsp3) is 0.368. The summed E-state index contributed by atoms with van der Waals surface area (Å²) in [6.45, 7) is 8.18. The third kappa shape index (κ3) is 4.36. The molecule has 1 aliphatic rings. The number of methoxy groups -OCH3 is 1. The quantitative estimate of drug-likeness (QED) is 0.577. The molecule has 0 spiro atoms. The smallest absolute Gasteiger partial charge is 0.319 e. The zero-order valence-corrected chi connectivity index (χ0v) is 15.2. The Bertz CT molecular complexity index is 714. The maximum Gasteiger partial charge on any atom is 0.319 e. The molecule has 1 saturated heterocycles. The first-order chi connectivity index (χ1) is 12.5. The maximum absolute atomic E-state index is 12.5. The van der Waals surface area contributed by atoms with E-state index >= 15 is 0 Å². The van der Waals surface area contributed by atoms with Crippen LogP contribution in [0.25, 0.3) is 0 Å². The average Bonchev–Trinajstić information content (AvgIpc) is 2.61. The number of urea groups is 1. The van der Waals surface area contributed by atoms with Gasteiger partial charge in [-0.25, -0.2) is 4.79 Å². The van der Waals surface area contributed by atoms with Gasteiger partial charge in [-0.2, -0.15) is 0 Å². The van der Waals surface area contributed by atoms with Gasteiger partial charge in [0.05, 0.1) is 19.8 Å². The summed E-state index contributed by atoms with van der Waals surface area (Å²) in [5.74, 6) is -0.132. The van der Waals surface area contributed by atoms with Crippen molar-refractivity contribution in [3.05, 3.63) is 48.2 Å². The molecule has 1 fully saturated rings. The second-order valence-corrected chi connectivity index (χ2v) is 5.62. The highest BCUT2D eigenvalue weighted by atomic mass is 16.5. The topological polar surface area (TPSA) is 85.9 Å². The van der Waals surface area contributed by atoms with Crippen molar-refractivity contribution in [1.29, 1.82) is 0 Å². The van der Waals surface area contributed by atoms with Gasteiger partial charge < -0.3 is 24.8 Å². The summed E-state index contributed by atoms with van der Waals surface area (Å²) in [5, 5.41) is 5.30. The van der Waals surface area contributed by atoms with E-state index in [1.165, 1.54) is 7.11 Å². The molecule has 1 heterocycles. The number of benzene rings is 1. The number of amides is 2. The van der Waals surface area contributed by atoms with Crippen molar-refractivity contribution in [3.63, 3.8) is 0 Å². The molecule has 7 heteroatoms. The standard InChI is InChI=1S/C19H24N2O5/c1-5-7-10-26-18(22)16-12(3)20-19(23)21-17(16)13-8-9-14(25-6-2)15(11-13)24-4/h5,7-9,11,16-17H,3,6,10H2,1-2,4H3,(H2,20,21,23)/b7-5+/t16-,17+/m1/s1. The molecule has 0 saturated carbocycles. The molecule has 0 aliphatic carbocycles. The van der Waals surface area contributed by atoms with Crippen LogP contribution in [0.2, 0.25) is 0 Å². The van der Waals surface area contributed by atoms with Gasteiger partial charge in [0.15, 0.2) is 11.5 Å². The Morgan fingerprint density at radius 3 is 2.77 bits per heavy atom. The fourth-order valence-corrected chi connectivity index (χ4v) is 2.71. The predicted molar refractivity (Wildman–Crippen MR) is 97.0 cm³/mol. The molecule has 2 atom stereocenters. The Morgan fingerprint density at radius 2 is 2.12 bits per heavy atom. The lowest BCUT2D eigenvalue weighted by Gasteiger charge is -2.33.